The number of rotatable bonds is 5. The average Bonchev–Trinajstić information content (AvgIpc) is 2.67. The van der Waals surface area contributed by atoms with Crippen molar-refractivity contribution >= 4 is 28.5 Å². The van der Waals surface area contributed by atoms with E-state index in [4.69, 9.17) is 0 Å². The molecule has 0 bridgehead atoms. The highest BCUT2D eigenvalue weighted by Crippen LogP contribution is 2.14. The van der Waals surface area contributed by atoms with Crippen LogP contribution in [-0.4, -0.2) is 27.3 Å². The van der Waals surface area contributed by atoms with E-state index in [1.807, 2.05) is 45.0 Å². The molecule has 0 unspecified atom stereocenters. The van der Waals surface area contributed by atoms with Gasteiger partial charge in [-0.2, -0.15) is 0 Å². The molecule has 0 saturated carbocycles. The summed E-state index contributed by atoms with van der Waals surface area (Å²) < 4.78 is 0. The first-order valence-electron chi connectivity index (χ1n) is 8.84. The third-order valence-corrected chi connectivity index (χ3v) is 4.42. The molecule has 1 heterocycles. The summed E-state index contributed by atoms with van der Waals surface area (Å²) >= 11 is 0. The van der Waals surface area contributed by atoms with Gasteiger partial charge in [-0.25, -0.2) is 4.98 Å². The quantitative estimate of drug-likeness (QED) is 0.723. The lowest BCUT2D eigenvalue weighted by molar-refractivity contribution is 0.0911. The van der Waals surface area contributed by atoms with Crippen LogP contribution in [0.5, 0.6) is 0 Å². The van der Waals surface area contributed by atoms with Crippen LogP contribution in [0, 0.1) is 0 Å². The van der Waals surface area contributed by atoms with Crippen molar-refractivity contribution in [3.8, 4) is 0 Å². The van der Waals surface area contributed by atoms with Crippen LogP contribution >= 0.6 is 0 Å². The van der Waals surface area contributed by atoms with E-state index in [2.05, 4.69) is 20.6 Å². The fourth-order valence-corrected chi connectivity index (χ4v) is 2.43. The Labute approximate surface area is 158 Å². The Morgan fingerprint density at radius 3 is 2.30 bits per heavy atom. The predicted molar refractivity (Wildman–Crippen MR) is 106 cm³/mol. The minimum absolute atomic E-state index is 0.139. The molecule has 6 heteroatoms. The molecule has 3 aromatic rings. The van der Waals surface area contributed by atoms with Gasteiger partial charge in [0.2, 0.25) is 0 Å². The molecule has 0 atom stereocenters. The normalized spacial score (nSPS) is 11.2. The van der Waals surface area contributed by atoms with E-state index in [1.165, 1.54) is 6.20 Å². The lowest BCUT2D eigenvalue weighted by atomic mass is 10.0. The molecule has 0 aliphatic rings. The monoisotopic (exact) mass is 362 g/mol. The molecule has 0 fully saturated rings. The second-order valence-electron chi connectivity index (χ2n) is 6.97. The van der Waals surface area contributed by atoms with Gasteiger partial charge in [0.25, 0.3) is 11.8 Å². The summed E-state index contributed by atoms with van der Waals surface area (Å²) in [5.74, 6) is -0.488. The standard InChI is InChI=1S/C21H22N4O2/c1-4-21(2,3)25-19(26)14-9-11-15(12-10-14)23-20(27)18-13-22-16-7-5-6-8-17(16)24-18/h5-13H,4H2,1-3H3,(H,23,27)(H,25,26). The molecule has 0 aliphatic heterocycles. The summed E-state index contributed by atoms with van der Waals surface area (Å²) in [6.45, 7) is 5.97. The fourth-order valence-electron chi connectivity index (χ4n) is 2.43. The van der Waals surface area contributed by atoms with Crippen LogP contribution in [0.1, 0.15) is 48.0 Å². The van der Waals surface area contributed by atoms with Crippen molar-refractivity contribution in [2.45, 2.75) is 32.7 Å². The summed E-state index contributed by atoms with van der Waals surface area (Å²) in [5.41, 5.74) is 2.50. The number of amides is 2. The number of carbonyl (C=O) groups excluding carboxylic acids is 2. The minimum atomic E-state index is -0.349. The molecule has 3 rings (SSSR count). The number of fused-ring (bicyclic) bond motifs is 1. The number of para-hydroxylation sites is 2. The largest absolute Gasteiger partial charge is 0.347 e. The van der Waals surface area contributed by atoms with Crippen molar-refractivity contribution in [2.24, 2.45) is 0 Å². The molecule has 0 aliphatic carbocycles. The first-order valence-corrected chi connectivity index (χ1v) is 8.84. The lowest BCUT2D eigenvalue weighted by Gasteiger charge is -2.24. The minimum Gasteiger partial charge on any atom is -0.347 e. The third kappa shape index (κ3) is 4.47. The molecule has 0 saturated heterocycles. The van der Waals surface area contributed by atoms with Gasteiger partial charge in [0.15, 0.2) is 0 Å². The van der Waals surface area contributed by atoms with Crippen LogP contribution in [0.15, 0.2) is 54.7 Å². The van der Waals surface area contributed by atoms with Gasteiger partial charge in [-0.1, -0.05) is 19.1 Å². The highest BCUT2D eigenvalue weighted by atomic mass is 16.2. The van der Waals surface area contributed by atoms with Crippen molar-refractivity contribution in [1.82, 2.24) is 15.3 Å². The van der Waals surface area contributed by atoms with Crippen molar-refractivity contribution in [3.05, 3.63) is 66.0 Å². The number of nitrogens with one attached hydrogen (secondary N) is 2. The number of aromatic nitrogens is 2. The molecule has 27 heavy (non-hydrogen) atoms. The lowest BCUT2D eigenvalue weighted by Crippen LogP contribution is -2.42. The maximum absolute atomic E-state index is 12.4. The fraction of sp³-hybridized carbons (Fsp3) is 0.238. The van der Waals surface area contributed by atoms with Gasteiger partial charge in [-0.15, -0.1) is 0 Å². The van der Waals surface area contributed by atoms with E-state index in [-0.39, 0.29) is 23.0 Å². The molecule has 6 nitrogen and oxygen atoms in total. The number of nitrogens with zero attached hydrogens (tertiary/aromatic N) is 2. The maximum atomic E-state index is 12.4. The van der Waals surface area contributed by atoms with E-state index in [0.29, 0.717) is 16.8 Å². The first kappa shape index (κ1) is 18.5. The van der Waals surface area contributed by atoms with Gasteiger partial charge in [-0.3, -0.25) is 14.6 Å². The molecule has 0 radical (unpaired) electrons. The zero-order valence-electron chi connectivity index (χ0n) is 15.6. The molecular formula is C21H22N4O2. The van der Waals surface area contributed by atoms with Crippen LogP contribution in [0.2, 0.25) is 0 Å². The predicted octanol–water partition coefficient (Wildman–Crippen LogP) is 3.80. The van der Waals surface area contributed by atoms with Crippen molar-refractivity contribution < 1.29 is 9.59 Å². The summed E-state index contributed by atoms with van der Waals surface area (Å²) in [5, 5.41) is 5.76. The summed E-state index contributed by atoms with van der Waals surface area (Å²) in [6.07, 6.45) is 2.28. The van der Waals surface area contributed by atoms with E-state index >= 15 is 0 Å². The van der Waals surface area contributed by atoms with Crippen LogP contribution in [0.4, 0.5) is 5.69 Å². The van der Waals surface area contributed by atoms with Crippen molar-refractivity contribution in [2.75, 3.05) is 5.32 Å². The van der Waals surface area contributed by atoms with E-state index in [1.54, 1.807) is 24.3 Å². The summed E-state index contributed by atoms with van der Waals surface area (Å²) in [7, 11) is 0. The van der Waals surface area contributed by atoms with Gasteiger partial charge >= 0.3 is 0 Å². The molecular weight excluding hydrogens is 340 g/mol. The Balaban J connectivity index is 1.70. The van der Waals surface area contributed by atoms with Gasteiger partial charge in [0.05, 0.1) is 17.2 Å². The molecule has 2 aromatic carbocycles. The smallest absolute Gasteiger partial charge is 0.275 e. The number of hydrogen-bond donors (Lipinski definition) is 2. The topological polar surface area (TPSA) is 84.0 Å². The number of carbonyl (C=O) groups is 2. The molecule has 138 valence electrons. The Hall–Kier alpha value is -3.28. The van der Waals surface area contributed by atoms with E-state index in [9.17, 15) is 9.59 Å². The summed E-state index contributed by atoms with van der Waals surface area (Å²) in [4.78, 5) is 33.3. The molecule has 2 amide bonds. The van der Waals surface area contributed by atoms with Crippen LogP contribution in [0.3, 0.4) is 0 Å². The van der Waals surface area contributed by atoms with Gasteiger partial charge < -0.3 is 10.6 Å². The van der Waals surface area contributed by atoms with Gasteiger partial charge in [0, 0.05) is 16.8 Å². The Bertz CT molecular complexity index is 981. The highest BCUT2D eigenvalue weighted by Gasteiger charge is 2.18. The van der Waals surface area contributed by atoms with Crippen molar-refractivity contribution in [1.29, 1.82) is 0 Å². The van der Waals surface area contributed by atoms with E-state index < -0.39 is 0 Å². The number of anilines is 1. The third-order valence-electron chi connectivity index (χ3n) is 4.42. The van der Waals surface area contributed by atoms with Gasteiger partial charge in [0.1, 0.15) is 5.69 Å². The summed E-state index contributed by atoms with van der Waals surface area (Å²) in [6, 6.07) is 14.1. The number of hydrogen-bond acceptors (Lipinski definition) is 4. The van der Waals surface area contributed by atoms with Crippen molar-refractivity contribution in [3.63, 3.8) is 0 Å². The van der Waals surface area contributed by atoms with Gasteiger partial charge in [-0.05, 0) is 56.7 Å². The molecule has 1 aromatic heterocycles. The Morgan fingerprint density at radius 2 is 1.63 bits per heavy atom. The molecule has 2 N–H and O–H groups in total. The SMILES string of the molecule is CCC(C)(C)NC(=O)c1ccc(NC(=O)c2cnc3ccccc3n2)cc1. The second kappa shape index (κ2) is 7.53. The van der Waals surface area contributed by atoms with Crippen LogP contribution in [-0.2, 0) is 0 Å². The van der Waals surface area contributed by atoms with Crippen LogP contribution in [0.25, 0.3) is 11.0 Å². The van der Waals surface area contributed by atoms with E-state index in [0.717, 1.165) is 11.9 Å². The maximum Gasteiger partial charge on any atom is 0.275 e. The first-order chi connectivity index (χ1) is 12.9. The molecule has 0 spiro atoms. The number of benzene rings is 2. The van der Waals surface area contributed by atoms with Crippen LogP contribution < -0.4 is 10.6 Å². The highest BCUT2D eigenvalue weighted by molar-refractivity contribution is 6.04. The Kier molecular flexibility index (Phi) is 5.16. The second-order valence-corrected chi connectivity index (χ2v) is 6.97. The zero-order chi connectivity index (χ0) is 19.4. The Morgan fingerprint density at radius 1 is 0.963 bits per heavy atom. The zero-order valence-corrected chi connectivity index (χ0v) is 15.6. The average molecular weight is 362 g/mol.